The molecule has 0 fully saturated rings. The summed E-state index contributed by atoms with van der Waals surface area (Å²) in [6, 6.07) is 6.41. The van der Waals surface area contributed by atoms with Gasteiger partial charge in [-0.25, -0.2) is 4.39 Å². The van der Waals surface area contributed by atoms with Crippen LogP contribution in [0, 0.1) is 5.82 Å². The maximum Gasteiger partial charge on any atom is 0.129 e. The Balaban J connectivity index is 2.83. The zero-order chi connectivity index (χ0) is 12.0. The van der Waals surface area contributed by atoms with Crippen LogP contribution in [0.4, 0.5) is 4.39 Å². The van der Waals surface area contributed by atoms with Gasteiger partial charge >= 0.3 is 0 Å². The van der Waals surface area contributed by atoms with E-state index in [1.807, 2.05) is 6.92 Å². The van der Waals surface area contributed by atoms with Gasteiger partial charge in [-0.05, 0) is 25.5 Å². The molecule has 1 unspecified atom stereocenters. The summed E-state index contributed by atoms with van der Waals surface area (Å²) in [5.41, 5.74) is -0.735. The number of aliphatic hydroxyl groups is 1. The van der Waals surface area contributed by atoms with Gasteiger partial charge in [0.15, 0.2) is 0 Å². The molecule has 0 radical (unpaired) electrons. The third kappa shape index (κ3) is 3.03. The minimum absolute atomic E-state index is 0.342. The summed E-state index contributed by atoms with van der Waals surface area (Å²) in [6.45, 7) is 5.14. The zero-order valence-corrected chi connectivity index (χ0v) is 9.96. The summed E-state index contributed by atoms with van der Waals surface area (Å²) < 4.78 is 13.6. The molecule has 0 aromatic heterocycles. The standard InChI is InChI=1S/C13H20FNO/c1-3-9-15-10-13(16,4-2)11-7-5-6-8-12(11)14/h5-8,15-16H,3-4,9-10H2,1-2H3. The van der Waals surface area contributed by atoms with Crippen molar-refractivity contribution in [3.63, 3.8) is 0 Å². The fourth-order valence-corrected chi connectivity index (χ4v) is 1.72. The third-order valence-corrected chi connectivity index (χ3v) is 2.80. The lowest BCUT2D eigenvalue weighted by molar-refractivity contribution is 0.0294. The van der Waals surface area contributed by atoms with E-state index in [1.54, 1.807) is 18.2 Å². The summed E-state index contributed by atoms with van der Waals surface area (Å²) in [4.78, 5) is 0. The molecule has 3 heteroatoms. The Labute approximate surface area is 96.5 Å². The maximum absolute atomic E-state index is 13.6. The summed E-state index contributed by atoms with van der Waals surface area (Å²) in [5, 5.41) is 13.5. The normalized spacial score (nSPS) is 14.8. The van der Waals surface area contributed by atoms with E-state index in [4.69, 9.17) is 0 Å². The highest BCUT2D eigenvalue weighted by Crippen LogP contribution is 2.26. The molecule has 1 aromatic rings. The molecular formula is C13H20FNO. The molecule has 2 nitrogen and oxygen atoms in total. The van der Waals surface area contributed by atoms with Crippen LogP contribution in [0.3, 0.4) is 0 Å². The van der Waals surface area contributed by atoms with Crippen LogP contribution in [-0.4, -0.2) is 18.2 Å². The Hall–Kier alpha value is -0.930. The third-order valence-electron chi connectivity index (χ3n) is 2.80. The van der Waals surface area contributed by atoms with Crippen molar-refractivity contribution in [2.24, 2.45) is 0 Å². The van der Waals surface area contributed by atoms with Crippen molar-refractivity contribution < 1.29 is 9.50 Å². The Morgan fingerprint density at radius 3 is 2.56 bits per heavy atom. The molecule has 0 spiro atoms. The summed E-state index contributed by atoms with van der Waals surface area (Å²) in [5.74, 6) is -0.342. The minimum Gasteiger partial charge on any atom is -0.384 e. The molecule has 0 aliphatic heterocycles. The van der Waals surface area contributed by atoms with Gasteiger partial charge in [-0.15, -0.1) is 0 Å². The van der Waals surface area contributed by atoms with Crippen molar-refractivity contribution in [1.82, 2.24) is 5.32 Å². The number of rotatable bonds is 6. The van der Waals surface area contributed by atoms with E-state index >= 15 is 0 Å². The van der Waals surface area contributed by atoms with Crippen LogP contribution in [0.5, 0.6) is 0 Å². The molecule has 90 valence electrons. The van der Waals surface area contributed by atoms with E-state index in [1.165, 1.54) is 6.07 Å². The molecule has 1 aromatic carbocycles. The monoisotopic (exact) mass is 225 g/mol. The molecule has 2 N–H and O–H groups in total. The summed E-state index contributed by atoms with van der Waals surface area (Å²) >= 11 is 0. The van der Waals surface area contributed by atoms with Crippen LogP contribution in [0.25, 0.3) is 0 Å². The fraction of sp³-hybridized carbons (Fsp3) is 0.538. The first kappa shape index (κ1) is 13.1. The highest BCUT2D eigenvalue weighted by molar-refractivity contribution is 5.24. The molecule has 1 rings (SSSR count). The van der Waals surface area contributed by atoms with Crippen LogP contribution >= 0.6 is 0 Å². The average Bonchev–Trinajstić information content (AvgIpc) is 2.30. The highest BCUT2D eigenvalue weighted by atomic mass is 19.1. The zero-order valence-electron chi connectivity index (χ0n) is 9.96. The number of hydrogen-bond acceptors (Lipinski definition) is 2. The average molecular weight is 225 g/mol. The van der Waals surface area contributed by atoms with E-state index < -0.39 is 5.60 Å². The number of halogens is 1. The van der Waals surface area contributed by atoms with E-state index in [0.29, 0.717) is 18.5 Å². The Morgan fingerprint density at radius 1 is 1.31 bits per heavy atom. The van der Waals surface area contributed by atoms with Gasteiger partial charge in [0.05, 0.1) is 0 Å². The first-order valence-corrected chi connectivity index (χ1v) is 5.82. The molecule has 0 heterocycles. The van der Waals surface area contributed by atoms with Crippen molar-refractivity contribution in [2.45, 2.75) is 32.3 Å². The molecule has 16 heavy (non-hydrogen) atoms. The van der Waals surface area contributed by atoms with Gasteiger partial charge < -0.3 is 10.4 Å². The second-order valence-corrected chi connectivity index (χ2v) is 4.04. The minimum atomic E-state index is -1.11. The van der Waals surface area contributed by atoms with E-state index in [9.17, 15) is 9.50 Å². The molecule has 0 aliphatic carbocycles. The second-order valence-electron chi connectivity index (χ2n) is 4.04. The number of benzene rings is 1. The maximum atomic E-state index is 13.6. The van der Waals surface area contributed by atoms with Gasteiger partial charge in [0, 0.05) is 12.1 Å². The Bertz CT molecular complexity index is 329. The molecule has 0 bridgehead atoms. The quantitative estimate of drug-likeness (QED) is 0.729. The molecular weight excluding hydrogens is 205 g/mol. The number of hydrogen-bond donors (Lipinski definition) is 2. The Morgan fingerprint density at radius 2 is 2.00 bits per heavy atom. The van der Waals surface area contributed by atoms with Crippen molar-refractivity contribution in [2.75, 3.05) is 13.1 Å². The summed E-state index contributed by atoms with van der Waals surface area (Å²) in [7, 11) is 0. The van der Waals surface area contributed by atoms with Gasteiger partial charge in [0.2, 0.25) is 0 Å². The van der Waals surface area contributed by atoms with Crippen LogP contribution in [0.1, 0.15) is 32.3 Å². The smallest absolute Gasteiger partial charge is 0.129 e. The van der Waals surface area contributed by atoms with Crippen LogP contribution < -0.4 is 5.32 Å². The van der Waals surface area contributed by atoms with Crippen LogP contribution in [-0.2, 0) is 5.60 Å². The van der Waals surface area contributed by atoms with Gasteiger partial charge in [0.25, 0.3) is 0 Å². The lowest BCUT2D eigenvalue weighted by Crippen LogP contribution is -2.38. The van der Waals surface area contributed by atoms with Gasteiger partial charge in [-0.2, -0.15) is 0 Å². The fourth-order valence-electron chi connectivity index (χ4n) is 1.72. The first-order valence-electron chi connectivity index (χ1n) is 5.82. The van der Waals surface area contributed by atoms with Crippen LogP contribution in [0.2, 0.25) is 0 Å². The molecule has 0 amide bonds. The van der Waals surface area contributed by atoms with E-state index in [0.717, 1.165) is 13.0 Å². The van der Waals surface area contributed by atoms with Crippen molar-refractivity contribution in [3.8, 4) is 0 Å². The predicted octanol–water partition coefficient (Wildman–Crippen LogP) is 2.42. The van der Waals surface area contributed by atoms with E-state index in [-0.39, 0.29) is 5.82 Å². The highest BCUT2D eigenvalue weighted by Gasteiger charge is 2.29. The predicted molar refractivity (Wildman–Crippen MR) is 63.7 cm³/mol. The van der Waals surface area contributed by atoms with Crippen molar-refractivity contribution in [1.29, 1.82) is 0 Å². The van der Waals surface area contributed by atoms with Crippen molar-refractivity contribution >= 4 is 0 Å². The topological polar surface area (TPSA) is 32.3 Å². The van der Waals surface area contributed by atoms with Crippen molar-refractivity contribution in [3.05, 3.63) is 35.6 Å². The SMILES string of the molecule is CCCNCC(O)(CC)c1ccccc1F. The summed E-state index contributed by atoms with van der Waals surface area (Å²) in [6.07, 6.45) is 1.49. The second kappa shape index (κ2) is 5.97. The van der Waals surface area contributed by atoms with Gasteiger partial charge in [0.1, 0.15) is 11.4 Å². The van der Waals surface area contributed by atoms with Gasteiger partial charge in [-0.1, -0.05) is 32.0 Å². The lowest BCUT2D eigenvalue weighted by Gasteiger charge is -2.28. The molecule has 1 atom stereocenters. The molecule has 0 aliphatic rings. The lowest BCUT2D eigenvalue weighted by atomic mass is 9.90. The molecule has 0 saturated heterocycles. The molecule has 0 saturated carbocycles. The van der Waals surface area contributed by atoms with Gasteiger partial charge in [-0.3, -0.25) is 0 Å². The Kier molecular flexibility index (Phi) is 4.90. The number of nitrogens with one attached hydrogen (secondary N) is 1. The first-order chi connectivity index (χ1) is 7.64. The van der Waals surface area contributed by atoms with E-state index in [2.05, 4.69) is 12.2 Å². The largest absolute Gasteiger partial charge is 0.384 e. The van der Waals surface area contributed by atoms with Crippen LogP contribution in [0.15, 0.2) is 24.3 Å².